The van der Waals surface area contributed by atoms with Crippen molar-refractivity contribution < 1.29 is 19.1 Å². The molecule has 1 aliphatic heterocycles. The first-order valence-electron chi connectivity index (χ1n) is 9.44. The van der Waals surface area contributed by atoms with E-state index in [1.54, 1.807) is 6.33 Å². The highest BCUT2D eigenvalue weighted by Gasteiger charge is 2.24. The summed E-state index contributed by atoms with van der Waals surface area (Å²) in [5.74, 6) is 2.13. The quantitative estimate of drug-likeness (QED) is 0.725. The molecule has 0 aliphatic carbocycles. The van der Waals surface area contributed by atoms with E-state index in [-0.39, 0.29) is 12.3 Å². The highest BCUT2D eigenvalue weighted by Crippen LogP contribution is 2.38. The van der Waals surface area contributed by atoms with E-state index in [2.05, 4.69) is 20.9 Å². The first kappa shape index (κ1) is 20.1. The Labute approximate surface area is 159 Å². The molecule has 1 aliphatic rings. The lowest BCUT2D eigenvalue weighted by Crippen LogP contribution is -2.34. The predicted molar refractivity (Wildman–Crippen MR) is 107 cm³/mol. The summed E-state index contributed by atoms with van der Waals surface area (Å²) in [5.41, 5.74) is 1.92. The van der Waals surface area contributed by atoms with E-state index < -0.39 is 7.60 Å². The molecule has 0 bridgehead atoms. The van der Waals surface area contributed by atoms with Crippen LogP contribution in [-0.4, -0.2) is 45.1 Å². The molecule has 8 heteroatoms. The summed E-state index contributed by atoms with van der Waals surface area (Å²) >= 11 is 0. The Hall–Kier alpha value is -1.69. The minimum Gasteiger partial charge on any atom is -0.491 e. The molecule has 0 unspecified atom stereocenters. The zero-order valence-electron chi connectivity index (χ0n) is 16.1. The molecule has 0 amide bonds. The van der Waals surface area contributed by atoms with Crippen molar-refractivity contribution in [3.05, 3.63) is 24.0 Å². The molecule has 148 valence electrons. The van der Waals surface area contributed by atoms with Gasteiger partial charge < -0.3 is 19.4 Å². The molecule has 1 aromatic carbocycles. The number of aromatic nitrogens is 2. The van der Waals surface area contributed by atoms with Crippen LogP contribution in [0.4, 0.5) is 5.82 Å². The third-order valence-electron chi connectivity index (χ3n) is 5.02. The van der Waals surface area contributed by atoms with Gasteiger partial charge in [0.25, 0.3) is 0 Å². The topological polar surface area (TPSA) is 95.8 Å². The molecule has 3 rings (SSSR count). The second-order valence-corrected chi connectivity index (χ2v) is 9.38. The van der Waals surface area contributed by atoms with Crippen LogP contribution in [-0.2, 0) is 4.57 Å². The number of ether oxygens (including phenoxy) is 1. The van der Waals surface area contributed by atoms with Gasteiger partial charge in [0.05, 0.1) is 17.8 Å². The second kappa shape index (κ2) is 8.13. The summed E-state index contributed by atoms with van der Waals surface area (Å²) in [7, 11) is -3.90. The number of piperidine rings is 1. The summed E-state index contributed by atoms with van der Waals surface area (Å²) < 4.78 is 17.0. The van der Waals surface area contributed by atoms with Gasteiger partial charge in [-0.1, -0.05) is 0 Å². The molecule has 0 radical (unpaired) electrons. The van der Waals surface area contributed by atoms with Gasteiger partial charge in [0.15, 0.2) is 0 Å². The number of fused-ring (bicyclic) bond motifs is 1. The molecule has 1 aromatic heterocycles. The fraction of sp³-hybridized carbons (Fsp3) is 0.579. The monoisotopic (exact) mass is 393 g/mol. The van der Waals surface area contributed by atoms with Crippen LogP contribution in [0.1, 0.15) is 38.7 Å². The maximum absolute atomic E-state index is 11.1. The molecule has 0 atom stereocenters. The molecule has 2 aromatic rings. The van der Waals surface area contributed by atoms with Crippen LogP contribution in [0, 0.1) is 12.8 Å². The zero-order valence-corrected chi connectivity index (χ0v) is 17.0. The van der Waals surface area contributed by atoms with Gasteiger partial charge in [0, 0.05) is 24.5 Å². The summed E-state index contributed by atoms with van der Waals surface area (Å²) in [4.78, 5) is 29.3. The molecular formula is C19H28N3O4P. The Kier molecular flexibility index (Phi) is 6.04. The normalized spacial score (nSPS) is 16.3. The van der Waals surface area contributed by atoms with Gasteiger partial charge in [0.2, 0.25) is 0 Å². The van der Waals surface area contributed by atoms with Crippen molar-refractivity contribution in [1.82, 2.24) is 9.97 Å². The van der Waals surface area contributed by atoms with Crippen LogP contribution in [0.2, 0.25) is 0 Å². The Morgan fingerprint density at radius 3 is 2.59 bits per heavy atom. The van der Waals surface area contributed by atoms with Crippen molar-refractivity contribution in [2.45, 2.75) is 46.1 Å². The lowest BCUT2D eigenvalue weighted by Gasteiger charge is -2.33. The summed E-state index contributed by atoms with van der Waals surface area (Å²) in [6.45, 7) is 7.71. The van der Waals surface area contributed by atoms with E-state index in [1.165, 1.54) is 0 Å². The van der Waals surface area contributed by atoms with Gasteiger partial charge >= 0.3 is 7.60 Å². The van der Waals surface area contributed by atoms with E-state index in [9.17, 15) is 4.57 Å². The summed E-state index contributed by atoms with van der Waals surface area (Å²) in [6, 6.07) is 4.06. The van der Waals surface area contributed by atoms with Gasteiger partial charge in [0.1, 0.15) is 17.9 Å². The number of hydrogen-bond donors (Lipinski definition) is 2. The van der Waals surface area contributed by atoms with E-state index >= 15 is 0 Å². The largest absolute Gasteiger partial charge is 0.491 e. The highest BCUT2D eigenvalue weighted by molar-refractivity contribution is 7.51. The van der Waals surface area contributed by atoms with Crippen LogP contribution < -0.4 is 9.64 Å². The molecule has 0 saturated carbocycles. The number of anilines is 1. The van der Waals surface area contributed by atoms with Crippen molar-refractivity contribution >= 4 is 24.3 Å². The smallest absolute Gasteiger partial charge is 0.325 e. The average Bonchev–Trinajstić information content (AvgIpc) is 2.60. The van der Waals surface area contributed by atoms with E-state index in [1.807, 2.05) is 26.8 Å². The SMILES string of the molecule is Cc1cc2c(N3CCC(CCP(=O)(O)O)CC3)ncnc2cc1OC(C)C. The van der Waals surface area contributed by atoms with Crippen LogP contribution in [0.5, 0.6) is 5.75 Å². The minimum absolute atomic E-state index is 0.0219. The standard InChI is InChI=1S/C19H28N3O4P/c1-13(2)26-18-11-17-16(10-14(18)3)19(21-12-20-17)22-7-4-15(5-8-22)6-9-27(23,24)25/h10-13,15H,4-9H2,1-3H3,(H2,23,24,25). The lowest BCUT2D eigenvalue weighted by atomic mass is 9.94. The molecule has 0 spiro atoms. The van der Waals surface area contributed by atoms with Crippen LogP contribution in [0.15, 0.2) is 18.5 Å². The first-order valence-corrected chi connectivity index (χ1v) is 11.2. The van der Waals surface area contributed by atoms with Gasteiger partial charge in [-0.15, -0.1) is 0 Å². The Morgan fingerprint density at radius 1 is 1.26 bits per heavy atom. The number of rotatable bonds is 6. The maximum atomic E-state index is 11.1. The fourth-order valence-corrected chi connectivity index (χ4v) is 4.30. The van der Waals surface area contributed by atoms with Gasteiger partial charge in [-0.25, -0.2) is 9.97 Å². The van der Waals surface area contributed by atoms with Crippen LogP contribution in [0.25, 0.3) is 10.9 Å². The Balaban J connectivity index is 1.76. The zero-order chi connectivity index (χ0) is 19.6. The molecule has 1 fully saturated rings. The van der Waals surface area contributed by atoms with Crippen molar-refractivity contribution in [2.24, 2.45) is 5.92 Å². The molecule has 7 nitrogen and oxygen atoms in total. The summed E-state index contributed by atoms with van der Waals surface area (Å²) in [5, 5.41) is 1.01. The van der Waals surface area contributed by atoms with E-state index in [0.29, 0.717) is 12.3 Å². The molecule has 27 heavy (non-hydrogen) atoms. The van der Waals surface area contributed by atoms with Gasteiger partial charge in [-0.05, 0) is 57.6 Å². The molecule has 1 saturated heterocycles. The Bertz CT molecular complexity index is 844. The van der Waals surface area contributed by atoms with Crippen molar-refractivity contribution in [2.75, 3.05) is 24.2 Å². The van der Waals surface area contributed by atoms with Crippen LogP contribution in [0.3, 0.4) is 0 Å². The predicted octanol–water partition coefficient (Wildman–Crippen LogP) is 3.51. The number of nitrogens with zero attached hydrogens (tertiary/aromatic N) is 3. The third kappa shape index (κ3) is 5.18. The molecular weight excluding hydrogens is 365 g/mol. The van der Waals surface area contributed by atoms with E-state index in [0.717, 1.165) is 54.0 Å². The fourth-order valence-electron chi connectivity index (χ4n) is 3.60. The van der Waals surface area contributed by atoms with Crippen LogP contribution >= 0.6 is 7.60 Å². The number of benzene rings is 1. The second-order valence-electron chi connectivity index (χ2n) is 7.61. The molecule has 2 heterocycles. The highest BCUT2D eigenvalue weighted by atomic mass is 31.2. The molecule has 2 N–H and O–H groups in total. The number of aryl methyl sites for hydroxylation is 1. The van der Waals surface area contributed by atoms with Gasteiger partial charge in [-0.3, -0.25) is 4.57 Å². The van der Waals surface area contributed by atoms with E-state index in [4.69, 9.17) is 14.5 Å². The van der Waals surface area contributed by atoms with Crippen molar-refractivity contribution in [1.29, 1.82) is 0 Å². The maximum Gasteiger partial charge on any atom is 0.325 e. The average molecular weight is 393 g/mol. The lowest BCUT2D eigenvalue weighted by molar-refractivity contribution is 0.241. The Morgan fingerprint density at radius 2 is 1.96 bits per heavy atom. The first-order chi connectivity index (χ1) is 12.7. The third-order valence-corrected chi connectivity index (χ3v) is 5.86. The summed E-state index contributed by atoms with van der Waals surface area (Å²) in [6.07, 6.45) is 4.09. The minimum atomic E-state index is -3.90. The number of hydrogen-bond acceptors (Lipinski definition) is 5. The van der Waals surface area contributed by atoms with Crippen molar-refractivity contribution in [3.63, 3.8) is 0 Å². The van der Waals surface area contributed by atoms with Gasteiger partial charge in [-0.2, -0.15) is 0 Å². The van der Waals surface area contributed by atoms with Crippen molar-refractivity contribution in [3.8, 4) is 5.75 Å².